The van der Waals surface area contributed by atoms with Crippen molar-refractivity contribution in [2.24, 2.45) is 0 Å². The number of hydrogen-bond donors (Lipinski definition) is 3. The van der Waals surface area contributed by atoms with Crippen LogP contribution < -0.4 is 15.8 Å². The Balaban J connectivity index is 1.40. The molecule has 0 aromatic heterocycles. The third kappa shape index (κ3) is 3.03. The molecule has 1 amide bonds. The zero-order chi connectivity index (χ0) is 22.8. The van der Waals surface area contributed by atoms with Crippen LogP contribution in [-0.2, 0) is 17.6 Å². The zero-order valence-electron chi connectivity index (χ0n) is 18.9. The van der Waals surface area contributed by atoms with Crippen molar-refractivity contribution in [3.8, 4) is 22.6 Å². The molecule has 0 saturated carbocycles. The van der Waals surface area contributed by atoms with Gasteiger partial charge in [-0.15, -0.1) is 0 Å². The fraction of sp³-hybridized carbons (Fsp3) is 0.296. The molecule has 4 N–H and O–H groups in total. The highest BCUT2D eigenvalue weighted by molar-refractivity contribution is 5.98. The molecule has 0 spiro atoms. The Morgan fingerprint density at radius 2 is 1.72 bits per heavy atom. The number of hydrogen-bond acceptors (Lipinski definition) is 4. The number of phenols is 1. The van der Waals surface area contributed by atoms with Crippen molar-refractivity contribution < 1.29 is 14.6 Å². The van der Waals surface area contributed by atoms with E-state index in [4.69, 9.17) is 10.5 Å². The first-order chi connectivity index (χ1) is 15.2. The van der Waals surface area contributed by atoms with Crippen LogP contribution in [-0.4, -0.2) is 16.6 Å². The molecule has 3 aromatic rings. The summed E-state index contributed by atoms with van der Waals surface area (Å²) < 4.78 is 6.32. The molecule has 5 nitrogen and oxygen atoms in total. The van der Waals surface area contributed by atoms with Crippen molar-refractivity contribution in [2.75, 3.05) is 11.1 Å². The van der Waals surface area contributed by atoms with Gasteiger partial charge in [-0.05, 0) is 104 Å². The van der Waals surface area contributed by atoms with E-state index in [-0.39, 0.29) is 5.91 Å². The number of carbonyl (C=O) groups is 1. The summed E-state index contributed by atoms with van der Waals surface area (Å²) in [5, 5.41) is 13.5. The lowest BCUT2D eigenvalue weighted by atomic mass is 9.86. The van der Waals surface area contributed by atoms with Gasteiger partial charge in [0.25, 0.3) is 5.91 Å². The maximum absolute atomic E-state index is 13.3. The number of phenolic OH excluding ortho intramolecular Hbond substituents is 1. The van der Waals surface area contributed by atoms with Gasteiger partial charge in [-0.2, -0.15) is 0 Å². The first-order valence-electron chi connectivity index (χ1n) is 11.0. The number of rotatable bonds is 2. The highest BCUT2D eigenvalue weighted by Crippen LogP contribution is 2.44. The Bertz CT molecular complexity index is 1290. The Hall–Kier alpha value is -3.47. The maximum Gasteiger partial charge on any atom is 0.268 e. The fourth-order valence-electron chi connectivity index (χ4n) is 4.98. The van der Waals surface area contributed by atoms with Crippen molar-refractivity contribution in [2.45, 2.75) is 52.6 Å². The van der Waals surface area contributed by atoms with E-state index in [1.54, 1.807) is 0 Å². The van der Waals surface area contributed by atoms with Crippen LogP contribution in [0.2, 0.25) is 0 Å². The Morgan fingerprint density at radius 3 is 2.47 bits per heavy atom. The predicted octanol–water partition coefficient (Wildman–Crippen LogP) is 5.19. The number of nitrogen functional groups attached to an aromatic ring is 1. The van der Waals surface area contributed by atoms with E-state index in [0.717, 1.165) is 45.8 Å². The molecule has 5 heteroatoms. The topological polar surface area (TPSA) is 84.6 Å². The Kier molecular flexibility index (Phi) is 4.48. The highest BCUT2D eigenvalue weighted by Gasteiger charge is 2.41. The van der Waals surface area contributed by atoms with Gasteiger partial charge in [0, 0.05) is 23.4 Å². The molecule has 0 fully saturated rings. The quantitative estimate of drug-likeness (QED) is 0.384. The number of amides is 1. The summed E-state index contributed by atoms with van der Waals surface area (Å²) in [4.78, 5) is 13.3. The van der Waals surface area contributed by atoms with Crippen molar-refractivity contribution >= 4 is 17.3 Å². The average molecular weight is 429 g/mol. The van der Waals surface area contributed by atoms with E-state index in [2.05, 4.69) is 17.4 Å². The molecule has 0 bridgehead atoms. The van der Waals surface area contributed by atoms with Crippen molar-refractivity contribution in [1.29, 1.82) is 0 Å². The normalized spacial score (nSPS) is 18.4. The van der Waals surface area contributed by atoms with E-state index in [1.807, 2.05) is 52.0 Å². The van der Waals surface area contributed by atoms with E-state index in [9.17, 15) is 9.90 Å². The number of benzene rings is 3. The number of nitrogens with one attached hydrogen (secondary N) is 1. The molecule has 0 saturated heterocycles. The van der Waals surface area contributed by atoms with Gasteiger partial charge in [0.15, 0.2) is 5.60 Å². The molecule has 1 aliphatic carbocycles. The molecule has 164 valence electrons. The van der Waals surface area contributed by atoms with Gasteiger partial charge in [0.05, 0.1) is 0 Å². The second-order valence-corrected chi connectivity index (χ2v) is 9.28. The van der Waals surface area contributed by atoms with E-state index in [0.29, 0.717) is 18.6 Å². The number of anilines is 2. The molecule has 1 aliphatic heterocycles. The van der Waals surface area contributed by atoms with Crippen LogP contribution in [0.5, 0.6) is 11.5 Å². The van der Waals surface area contributed by atoms with Crippen LogP contribution in [0.1, 0.15) is 46.7 Å². The molecule has 1 unspecified atom stereocenters. The van der Waals surface area contributed by atoms with Gasteiger partial charge in [0.1, 0.15) is 11.5 Å². The van der Waals surface area contributed by atoms with Gasteiger partial charge < -0.3 is 20.9 Å². The van der Waals surface area contributed by atoms with E-state index < -0.39 is 5.60 Å². The number of nitrogens with two attached hydrogens (primary N) is 1. The van der Waals surface area contributed by atoms with Gasteiger partial charge in [0.2, 0.25) is 0 Å². The minimum absolute atomic E-state index is 0.161. The standard InChI is InChI=1S/C27H28N2O3/c1-14-15(2)25-21(16(3)24(14)30)9-10-27(4,32-25)26(31)29-20-6-8-23-18(13-20)11-17-12-19(28)5-7-22(17)23/h5-8,12-13,30H,9-11,28H2,1-4H3,(H,29,31). The summed E-state index contributed by atoms with van der Waals surface area (Å²) in [6.07, 6.45) is 2.03. The molecular weight excluding hydrogens is 400 g/mol. The first kappa shape index (κ1) is 20.4. The van der Waals surface area contributed by atoms with Crippen LogP contribution in [0.25, 0.3) is 11.1 Å². The smallest absolute Gasteiger partial charge is 0.268 e. The molecule has 1 heterocycles. The minimum atomic E-state index is -0.982. The SMILES string of the molecule is Cc1c(C)c2c(c(C)c1O)CCC(C)(C(=O)Nc1ccc3c(c1)Cc1cc(N)ccc1-3)O2. The van der Waals surface area contributed by atoms with E-state index in [1.165, 1.54) is 22.3 Å². The zero-order valence-corrected chi connectivity index (χ0v) is 18.9. The third-order valence-corrected chi connectivity index (χ3v) is 7.16. The molecular formula is C27H28N2O3. The average Bonchev–Trinajstić information content (AvgIpc) is 3.12. The number of ether oxygens (including phenoxy) is 1. The molecule has 5 rings (SSSR count). The maximum atomic E-state index is 13.3. The van der Waals surface area contributed by atoms with E-state index >= 15 is 0 Å². The van der Waals surface area contributed by atoms with Gasteiger partial charge in [-0.1, -0.05) is 12.1 Å². The summed E-state index contributed by atoms with van der Waals surface area (Å²) in [6, 6.07) is 12.1. The highest BCUT2D eigenvalue weighted by atomic mass is 16.5. The fourth-order valence-corrected chi connectivity index (χ4v) is 4.98. The summed E-state index contributed by atoms with van der Waals surface area (Å²) in [6.45, 7) is 7.56. The molecule has 1 atom stereocenters. The van der Waals surface area contributed by atoms with Crippen LogP contribution in [0.4, 0.5) is 11.4 Å². The van der Waals surface area contributed by atoms with Gasteiger partial charge >= 0.3 is 0 Å². The summed E-state index contributed by atoms with van der Waals surface area (Å²) >= 11 is 0. The van der Waals surface area contributed by atoms with Crippen LogP contribution in [0.15, 0.2) is 36.4 Å². The van der Waals surface area contributed by atoms with Crippen LogP contribution in [0.3, 0.4) is 0 Å². The minimum Gasteiger partial charge on any atom is -0.507 e. The van der Waals surface area contributed by atoms with Crippen LogP contribution >= 0.6 is 0 Å². The Labute approximate surface area is 188 Å². The van der Waals surface area contributed by atoms with Crippen molar-refractivity contribution in [1.82, 2.24) is 0 Å². The third-order valence-electron chi connectivity index (χ3n) is 7.16. The molecule has 0 radical (unpaired) electrons. The monoisotopic (exact) mass is 428 g/mol. The lowest BCUT2D eigenvalue weighted by Gasteiger charge is -2.36. The van der Waals surface area contributed by atoms with Crippen molar-refractivity contribution in [3.63, 3.8) is 0 Å². The largest absolute Gasteiger partial charge is 0.507 e. The number of carbonyl (C=O) groups excluding carboxylic acids is 1. The van der Waals surface area contributed by atoms with Gasteiger partial charge in [-0.25, -0.2) is 0 Å². The summed E-state index contributed by atoms with van der Waals surface area (Å²) in [5.74, 6) is 0.883. The molecule has 3 aromatic carbocycles. The molecule has 32 heavy (non-hydrogen) atoms. The number of aromatic hydroxyl groups is 1. The summed E-state index contributed by atoms with van der Waals surface area (Å²) in [7, 11) is 0. The second kappa shape index (κ2) is 7.02. The summed E-state index contributed by atoms with van der Waals surface area (Å²) in [5.41, 5.74) is 14.8. The molecule has 2 aliphatic rings. The van der Waals surface area contributed by atoms with Crippen molar-refractivity contribution in [3.05, 3.63) is 69.8 Å². The lowest BCUT2D eigenvalue weighted by Crippen LogP contribution is -2.48. The van der Waals surface area contributed by atoms with Gasteiger partial charge in [-0.3, -0.25) is 4.79 Å². The second-order valence-electron chi connectivity index (χ2n) is 9.28. The predicted molar refractivity (Wildman–Crippen MR) is 127 cm³/mol. The Morgan fingerprint density at radius 1 is 1.03 bits per heavy atom. The lowest BCUT2D eigenvalue weighted by molar-refractivity contribution is -0.131. The first-order valence-corrected chi connectivity index (χ1v) is 11.0. The van der Waals surface area contributed by atoms with Crippen LogP contribution in [0, 0.1) is 20.8 Å². The number of fused-ring (bicyclic) bond motifs is 4.